The first-order chi connectivity index (χ1) is 9.72. The molecule has 1 aliphatic carbocycles. The maximum absolute atomic E-state index is 12.3. The zero-order valence-electron chi connectivity index (χ0n) is 11.9. The Balaban J connectivity index is 1.71. The topological polar surface area (TPSA) is 29.1 Å². The Labute approximate surface area is 120 Å². The van der Waals surface area contributed by atoms with Gasteiger partial charge >= 0.3 is 0 Å². The summed E-state index contributed by atoms with van der Waals surface area (Å²) < 4.78 is 0. The van der Waals surface area contributed by atoms with Gasteiger partial charge in [0.25, 0.3) is 0 Å². The Kier molecular flexibility index (Phi) is 3.72. The summed E-state index contributed by atoms with van der Waals surface area (Å²) in [6.45, 7) is 2.28. The normalized spacial score (nSPS) is 22.6. The van der Waals surface area contributed by atoms with E-state index in [9.17, 15) is 4.79 Å². The molecule has 0 spiro atoms. The Morgan fingerprint density at radius 3 is 2.45 bits per heavy atom. The minimum Gasteiger partial charge on any atom is -0.326 e. The van der Waals surface area contributed by atoms with Crippen LogP contribution in [0.5, 0.6) is 0 Å². The van der Waals surface area contributed by atoms with Gasteiger partial charge in [-0.25, -0.2) is 0 Å². The molecule has 1 amide bonds. The number of hydrogen-bond donors (Lipinski definition) is 1. The third-order valence-electron chi connectivity index (χ3n) is 4.40. The molecule has 2 aromatic rings. The average Bonchev–Trinajstić information content (AvgIpc) is 2.48. The van der Waals surface area contributed by atoms with Crippen LogP contribution in [-0.2, 0) is 4.79 Å². The molecule has 1 fully saturated rings. The van der Waals surface area contributed by atoms with Gasteiger partial charge < -0.3 is 5.32 Å². The van der Waals surface area contributed by atoms with Crippen molar-refractivity contribution in [2.24, 2.45) is 11.8 Å². The lowest BCUT2D eigenvalue weighted by molar-refractivity contribution is -0.121. The fourth-order valence-electron chi connectivity index (χ4n) is 3.03. The quantitative estimate of drug-likeness (QED) is 0.846. The molecule has 1 aliphatic rings. The highest BCUT2D eigenvalue weighted by Gasteiger charge is 2.24. The fraction of sp³-hybridized carbons (Fsp3) is 0.389. The van der Waals surface area contributed by atoms with Crippen LogP contribution in [0.25, 0.3) is 10.8 Å². The Bertz CT molecular complexity index is 612. The summed E-state index contributed by atoms with van der Waals surface area (Å²) in [6, 6.07) is 14.3. The second-order valence-corrected chi connectivity index (χ2v) is 6.01. The van der Waals surface area contributed by atoms with Crippen molar-refractivity contribution in [3.8, 4) is 0 Å². The number of rotatable bonds is 2. The van der Waals surface area contributed by atoms with Crippen LogP contribution in [0.4, 0.5) is 5.69 Å². The van der Waals surface area contributed by atoms with Crippen LogP contribution >= 0.6 is 0 Å². The minimum absolute atomic E-state index is 0.187. The molecule has 2 aromatic carbocycles. The highest BCUT2D eigenvalue weighted by molar-refractivity contribution is 5.95. The van der Waals surface area contributed by atoms with E-state index in [-0.39, 0.29) is 11.8 Å². The van der Waals surface area contributed by atoms with Gasteiger partial charge in [0.1, 0.15) is 0 Å². The first-order valence-electron chi connectivity index (χ1n) is 7.52. The van der Waals surface area contributed by atoms with Crippen molar-refractivity contribution in [3.05, 3.63) is 42.5 Å². The average molecular weight is 267 g/mol. The molecule has 104 valence electrons. The van der Waals surface area contributed by atoms with Gasteiger partial charge in [0.05, 0.1) is 0 Å². The number of hydrogen-bond acceptors (Lipinski definition) is 1. The van der Waals surface area contributed by atoms with Crippen LogP contribution in [0.2, 0.25) is 0 Å². The maximum Gasteiger partial charge on any atom is 0.227 e. The lowest BCUT2D eigenvalue weighted by Gasteiger charge is -2.25. The Morgan fingerprint density at radius 1 is 1.00 bits per heavy atom. The van der Waals surface area contributed by atoms with E-state index in [4.69, 9.17) is 0 Å². The van der Waals surface area contributed by atoms with Gasteiger partial charge in [-0.3, -0.25) is 4.79 Å². The van der Waals surface area contributed by atoms with Gasteiger partial charge in [-0.2, -0.15) is 0 Å². The molecular weight excluding hydrogens is 246 g/mol. The van der Waals surface area contributed by atoms with E-state index in [1.54, 1.807) is 0 Å². The van der Waals surface area contributed by atoms with Gasteiger partial charge in [0.15, 0.2) is 0 Å². The number of amides is 1. The van der Waals surface area contributed by atoms with Crippen LogP contribution in [0.15, 0.2) is 42.5 Å². The fourth-order valence-corrected chi connectivity index (χ4v) is 3.03. The van der Waals surface area contributed by atoms with Crippen molar-refractivity contribution in [3.63, 3.8) is 0 Å². The molecule has 0 aliphatic heterocycles. The van der Waals surface area contributed by atoms with Crippen LogP contribution in [0.3, 0.4) is 0 Å². The van der Waals surface area contributed by atoms with E-state index in [0.717, 1.165) is 24.4 Å². The van der Waals surface area contributed by atoms with Gasteiger partial charge in [-0.05, 0) is 54.5 Å². The molecule has 0 atom stereocenters. The van der Waals surface area contributed by atoms with Crippen molar-refractivity contribution in [1.29, 1.82) is 0 Å². The Hall–Kier alpha value is -1.83. The van der Waals surface area contributed by atoms with E-state index >= 15 is 0 Å². The highest BCUT2D eigenvalue weighted by Crippen LogP contribution is 2.29. The van der Waals surface area contributed by atoms with Crippen molar-refractivity contribution < 1.29 is 4.79 Å². The summed E-state index contributed by atoms with van der Waals surface area (Å²) in [5, 5.41) is 5.45. The first-order valence-corrected chi connectivity index (χ1v) is 7.52. The molecule has 2 heteroatoms. The summed E-state index contributed by atoms with van der Waals surface area (Å²) in [6.07, 6.45) is 4.41. The third-order valence-corrected chi connectivity index (χ3v) is 4.40. The van der Waals surface area contributed by atoms with E-state index < -0.39 is 0 Å². The van der Waals surface area contributed by atoms with Crippen LogP contribution in [-0.4, -0.2) is 5.91 Å². The van der Waals surface area contributed by atoms with E-state index in [0.29, 0.717) is 0 Å². The molecule has 1 saturated carbocycles. The summed E-state index contributed by atoms with van der Waals surface area (Å²) in [4.78, 5) is 12.3. The number of carbonyl (C=O) groups excluding carboxylic acids is 1. The van der Waals surface area contributed by atoms with E-state index in [1.165, 1.54) is 23.6 Å². The van der Waals surface area contributed by atoms with Crippen molar-refractivity contribution in [2.45, 2.75) is 32.6 Å². The lowest BCUT2D eigenvalue weighted by Crippen LogP contribution is -2.26. The van der Waals surface area contributed by atoms with Crippen molar-refractivity contribution in [2.75, 3.05) is 5.32 Å². The lowest BCUT2D eigenvalue weighted by atomic mass is 9.82. The molecule has 0 heterocycles. The molecule has 0 saturated heterocycles. The van der Waals surface area contributed by atoms with Gasteiger partial charge in [0.2, 0.25) is 5.91 Å². The van der Waals surface area contributed by atoms with Gasteiger partial charge in [-0.15, -0.1) is 0 Å². The second-order valence-electron chi connectivity index (χ2n) is 6.01. The van der Waals surface area contributed by atoms with Crippen molar-refractivity contribution in [1.82, 2.24) is 0 Å². The minimum atomic E-state index is 0.187. The monoisotopic (exact) mass is 267 g/mol. The largest absolute Gasteiger partial charge is 0.326 e. The van der Waals surface area contributed by atoms with Gasteiger partial charge in [0, 0.05) is 11.6 Å². The summed E-state index contributed by atoms with van der Waals surface area (Å²) >= 11 is 0. The summed E-state index contributed by atoms with van der Waals surface area (Å²) in [5.41, 5.74) is 0.910. The molecule has 1 N–H and O–H groups in total. The van der Waals surface area contributed by atoms with Crippen LogP contribution < -0.4 is 5.32 Å². The standard InChI is InChI=1S/C18H21NO/c1-13-6-8-15(9-7-13)18(20)19-17-11-10-14-4-2-3-5-16(14)12-17/h2-5,10-13,15H,6-9H2,1H3,(H,19,20). The maximum atomic E-state index is 12.3. The van der Waals surface area contributed by atoms with Crippen LogP contribution in [0, 0.1) is 11.8 Å². The van der Waals surface area contributed by atoms with Gasteiger partial charge in [-0.1, -0.05) is 37.3 Å². The molecule has 0 bridgehead atoms. The summed E-state index contributed by atoms with van der Waals surface area (Å²) in [7, 11) is 0. The second kappa shape index (κ2) is 5.66. The number of nitrogens with one attached hydrogen (secondary N) is 1. The molecule has 3 rings (SSSR count). The third kappa shape index (κ3) is 2.84. The first kappa shape index (κ1) is 13.2. The SMILES string of the molecule is CC1CCC(C(=O)Nc2ccc3ccccc3c2)CC1. The predicted octanol–water partition coefficient (Wildman–Crippen LogP) is 4.60. The number of anilines is 1. The number of carbonyl (C=O) groups is 1. The molecule has 20 heavy (non-hydrogen) atoms. The zero-order valence-corrected chi connectivity index (χ0v) is 11.9. The van der Waals surface area contributed by atoms with Crippen LogP contribution in [0.1, 0.15) is 32.6 Å². The smallest absolute Gasteiger partial charge is 0.227 e. The van der Waals surface area contributed by atoms with E-state index in [2.05, 4.69) is 36.5 Å². The predicted molar refractivity (Wildman–Crippen MR) is 83.7 cm³/mol. The molecular formula is C18H21NO. The molecule has 0 aromatic heterocycles. The highest BCUT2D eigenvalue weighted by atomic mass is 16.1. The number of fused-ring (bicyclic) bond motifs is 1. The summed E-state index contributed by atoms with van der Waals surface area (Å²) in [5.74, 6) is 1.16. The number of benzene rings is 2. The van der Waals surface area contributed by atoms with E-state index in [1.807, 2.05) is 18.2 Å². The molecule has 2 nitrogen and oxygen atoms in total. The molecule has 0 radical (unpaired) electrons. The Morgan fingerprint density at radius 2 is 1.70 bits per heavy atom. The van der Waals surface area contributed by atoms with Crippen molar-refractivity contribution >= 4 is 22.4 Å². The molecule has 0 unspecified atom stereocenters. The zero-order chi connectivity index (χ0) is 13.9.